The van der Waals surface area contributed by atoms with Gasteiger partial charge in [-0.2, -0.15) is 0 Å². The zero-order valence-electron chi connectivity index (χ0n) is 7.25. The lowest BCUT2D eigenvalue weighted by atomic mass is 10.3. The van der Waals surface area contributed by atoms with E-state index in [4.69, 9.17) is 15.9 Å². The number of amidine groups is 1. The first-order valence-corrected chi connectivity index (χ1v) is 3.86. The van der Waals surface area contributed by atoms with E-state index in [0.717, 1.165) is 0 Å². The molecule has 0 aliphatic heterocycles. The number of rotatable bonds is 3. The van der Waals surface area contributed by atoms with Gasteiger partial charge in [0.05, 0.1) is 0 Å². The summed E-state index contributed by atoms with van der Waals surface area (Å²) >= 11 is 0. The van der Waals surface area contributed by atoms with Crippen LogP contribution in [0.25, 0.3) is 0 Å². The smallest absolute Gasteiger partial charge is 0.165 e. The van der Waals surface area contributed by atoms with Gasteiger partial charge in [-0.05, 0) is 19.1 Å². The van der Waals surface area contributed by atoms with Gasteiger partial charge in [0.25, 0.3) is 0 Å². The van der Waals surface area contributed by atoms with Crippen molar-refractivity contribution in [3.8, 4) is 5.75 Å². The summed E-state index contributed by atoms with van der Waals surface area (Å²) in [7, 11) is 0. The van der Waals surface area contributed by atoms with Gasteiger partial charge in [0.2, 0.25) is 0 Å². The van der Waals surface area contributed by atoms with E-state index in [2.05, 4.69) is 0 Å². The van der Waals surface area contributed by atoms with E-state index in [1.807, 2.05) is 0 Å². The molecule has 0 aliphatic carbocycles. The fourth-order valence-electron chi connectivity index (χ4n) is 0.794. The molecule has 4 heteroatoms. The highest BCUT2D eigenvalue weighted by atomic mass is 19.1. The van der Waals surface area contributed by atoms with Crippen LogP contribution in [-0.2, 0) is 0 Å². The number of nitrogens with one attached hydrogen (secondary N) is 1. The van der Waals surface area contributed by atoms with Crippen LogP contribution in [0.15, 0.2) is 24.3 Å². The highest BCUT2D eigenvalue weighted by Crippen LogP contribution is 2.16. The maximum Gasteiger partial charge on any atom is 0.165 e. The first-order valence-electron chi connectivity index (χ1n) is 3.86. The van der Waals surface area contributed by atoms with Crippen LogP contribution in [0.5, 0.6) is 5.75 Å². The third-order valence-corrected chi connectivity index (χ3v) is 1.58. The predicted molar refractivity (Wildman–Crippen MR) is 48.4 cm³/mol. The van der Waals surface area contributed by atoms with Crippen molar-refractivity contribution in [2.75, 3.05) is 0 Å². The molecule has 1 aromatic carbocycles. The molecule has 3 nitrogen and oxygen atoms in total. The molecular formula is C9H11FN2O. The van der Waals surface area contributed by atoms with Crippen molar-refractivity contribution in [3.63, 3.8) is 0 Å². The molecule has 0 radical (unpaired) electrons. The van der Waals surface area contributed by atoms with Gasteiger partial charge in [0.1, 0.15) is 5.84 Å². The van der Waals surface area contributed by atoms with E-state index in [-0.39, 0.29) is 11.6 Å². The van der Waals surface area contributed by atoms with E-state index in [9.17, 15) is 4.39 Å². The largest absolute Gasteiger partial charge is 0.480 e. The molecule has 1 atom stereocenters. The van der Waals surface area contributed by atoms with Crippen molar-refractivity contribution < 1.29 is 9.13 Å². The molecule has 1 unspecified atom stereocenters. The van der Waals surface area contributed by atoms with E-state index >= 15 is 0 Å². The number of halogens is 1. The van der Waals surface area contributed by atoms with Crippen LogP contribution in [0.3, 0.4) is 0 Å². The second-order valence-corrected chi connectivity index (χ2v) is 2.65. The van der Waals surface area contributed by atoms with Gasteiger partial charge in [-0.15, -0.1) is 0 Å². The van der Waals surface area contributed by atoms with Crippen LogP contribution in [0, 0.1) is 11.2 Å². The Bertz CT molecular complexity index is 314. The van der Waals surface area contributed by atoms with Crippen molar-refractivity contribution in [2.45, 2.75) is 13.0 Å². The number of ether oxygens (including phenoxy) is 1. The molecule has 1 rings (SSSR count). The molecule has 0 spiro atoms. The van der Waals surface area contributed by atoms with Gasteiger partial charge in [-0.25, -0.2) is 4.39 Å². The van der Waals surface area contributed by atoms with Crippen molar-refractivity contribution in [1.29, 1.82) is 5.41 Å². The average Bonchev–Trinajstić information content (AvgIpc) is 2.08. The van der Waals surface area contributed by atoms with Crippen LogP contribution in [0.4, 0.5) is 4.39 Å². The number of hydrogen-bond acceptors (Lipinski definition) is 2. The average molecular weight is 182 g/mol. The van der Waals surface area contributed by atoms with Crippen LogP contribution in [0.2, 0.25) is 0 Å². The van der Waals surface area contributed by atoms with Crippen LogP contribution in [-0.4, -0.2) is 11.9 Å². The van der Waals surface area contributed by atoms with E-state index in [1.165, 1.54) is 12.1 Å². The molecule has 0 aromatic heterocycles. The molecule has 13 heavy (non-hydrogen) atoms. The van der Waals surface area contributed by atoms with Gasteiger partial charge in [0.15, 0.2) is 17.7 Å². The third kappa shape index (κ3) is 2.43. The molecule has 0 aliphatic rings. The van der Waals surface area contributed by atoms with Crippen molar-refractivity contribution in [2.24, 2.45) is 5.73 Å². The fourth-order valence-corrected chi connectivity index (χ4v) is 0.794. The third-order valence-electron chi connectivity index (χ3n) is 1.58. The van der Waals surface area contributed by atoms with Gasteiger partial charge in [-0.3, -0.25) is 5.41 Å². The number of hydrogen-bond donors (Lipinski definition) is 2. The normalized spacial score (nSPS) is 12.2. The summed E-state index contributed by atoms with van der Waals surface area (Å²) in [6.07, 6.45) is -0.600. The topological polar surface area (TPSA) is 59.1 Å². The molecule has 0 saturated heterocycles. The Morgan fingerprint density at radius 3 is 2.69 bits per heavy atom. The minimum absolute atomic E-state index is 0.116. The first-order chi connectivity index (χ1) is 6.11. The second-order valence-electron chi connectivity index (χ2n) is 2.65. The summed E-state index contributed by atoms with van der Waals surface area (Å²) in [4.78, 5) is 0. The monoisotopic (exact) mass is 182 g/mol. The van der Waals surface area contributed by atoms with Crippen molar-refractivity contribution >= 4 is 5.84 Å². The SMILES string of the molecule is CC(Oc1ccccc1F)C(=N)N. The van der Waals surface area contributed by atoms with Gasteiger partial charge >= 0.3 is 0 Å². The zero-order valence-corrected chi connectivity index (χ0v) is 7.25. The predicted octanol–water partition coefficient (Wildman–Crippen LogP) is 1.53. The molecule has 0 heterocycles. The van der Waals surface area contributed by atoms with Gasteiger partial charge in [0, 0.05) is 0 Å². The van der Waals surface area contributed by atoms with Gasteiger partial charge < -0.3 is 10.5 Å². The lowest BCUT2D eigenvalue weighted by Gasteiger charge is -2.12. The Hall–Kier alpha value is -1.58. The van der Waals surface area contributed by atoms with E-state index in [0.29, 0.717) is 0 Å². The summed E-state index contributed by atoms with van der Waals surface area (Å²) in [6.45, 7) is 1.59. The van der Waals surface area contributed by atoms with E-state index in [1.54, 1.807) is 19.1 Å². The maximum atomic E-state index is 13.0. The number of nitrogens with two attached hydrogens (primary N) is 1. The molecule has 1 aromatic rings. The maximum absolute atomic E-state index is 13.0. The van der Waals surface area contributed by atoms with Crippen molar-refractivity contribution in [1.82, 2.24) is 0 Å². The van der Waals surface area contributed by atoms with Crippen LogP contribution < -0.4 is 10.5 Å². The second kappa shape index (κ2) is 3.89. The lowest BCUT2D eigenvalue weighted by Crippen LogP contribution is -2.30. The molecule has 0 amide bonds. The molecule has 0 fully saturated rings. The van der Waals surface area contributed by atoms with Crippen LogP contribution >= 0.6 is 0 Å². The fraction of sp³-hybridized carbons (Fsp3) is 0.222. The summed E-state index contributed by atoms with van der Waals surface area (Å²) in [6, 6.07) is 6.02. The minimum Gasteiger partial charge on any atom is -0.480 e. The summed E-state index contributed by atoms with van der Waals surface area (Å²) in [5.74, 6) is -0.455. The quantitative estimate of drug-likeness (QED) is 0.550. The van der Waals surface area contributed by atoms with Crippen LogP contribution in [0.1, 0.15) is 6.92 Å². The molecule has 0 bridgehead atoms. The number of benzene rings is 1. The molecule has 3 N–H and O–H groups in total. The van der Waals surface area contributed by atoms with Crippen molar-refractivity contribution in [3.05, 3.63) is 30.1 Å². The summed E-state index contributed by atoms with van der Waals surface area (Å²) < 4.78 is 18.1. The van der Waals surface area contributed by atoms with E-state index < -0.39 is 11.9 Å². The lowest BCUT2D eigenvalue weighted by molar-refractivity contribution is 0.271. The minimum atomic E-state index is -0.600. The van der Waals surface area contributed by atoms with Gasteiger partial charge in [-0.1, -0.05) is 12.1 Å². The molecule has 70 valence electrons. The first kappa shape index (κ1) is 9.51. The Balaban J connectivity index is 2.74. The number of para-hydroxylation sites is 1. The summed E-state index contributed by atoms with van der Waals surface area (Å²) in [5.41, 5.74) is 5.17. The zero-order chi connectivity index (χ0) is 9.84. The standard InChI is InChI=1S/C9H11FN2O/c1-6(9(11)12)13-8-5-3-2-4-7(8)10/h2-6H,1H3,(H3,11,12). The Morgan fingerprint density at radius 1 is 1.54 bits per heavy atom. The highest BCUT2D eigenvalue weighted by molar-refractivity contribution is 5.81. The molecular weight excluding hydrogens is 171 g/mol. The Kier molecular flexibility index (Phi) is 2.84. The summed E-state index contributed by atoms with van der Waals surface area (Å²) in [5, 5.41) is 7.05. The Morgan fingerprint density at radius 2 is 2.15 bits per heavy atom. The highest BCUT2D eigenvalue weighted by Gasteiger charge is 2.09. The molecule has 0 saturated carbocycles. The Labute approximate surface area is 75.8 Å².